The normalized spacial score (nSPS) is 20.5. The molecule has 1 aromatic carbocycles. The number of benzene rings is 1. The van der Waals surface area contributed by atoms with E-state index in [-0.39, 0.29) is 17.9 Å². The number of ether oxygens (including phenoxy) is 1. The first-order valence-electron chi connectivity index (χ1n) is 9.00. The average molecular weight is 330 g/mol. The van der Waals surface area contributed by atoms with Crippen molar-refractivity contribution in [2.45, 2.75) is 45.1 Å². The number of hydrogen-bond acceptors (Lipinski definition) is 3. The highest BCUT2D eigenvalue weighted by molar-refractivity contribution is 5.94. The van der Waals surface area contributed by atoms with Crippen LogP contribution in [0, 0.1) is 0 Å². The van der Waals surface area contributed by atoms with Gasteiger partial charge in [0.2, 0.25) is 5.91 Å². The Morgan fingerprint density at radius 3 is 2.46 bits per heavy atom. The van der Waals surface area contributed by atoms with Crippen molar-refractivity contribution in [2.24, 2.45) is 0 Å². The zero-order valence-electron chi connectivity index (χ0n) is 14.4. The van der Waals surface area contributed by atoms with Crippen LogP contribution in [0.5, 0.6) is 5.75 Å². The summed E-state index contributed by atoms with van der Waals surface area (Å²) >= 11 is 0. The Kier molecular flexibility index (Phi) is 5.38. The Bertz CT molecular complexity index is 579. The van der Waals surface area contributed by atoms with Gasteiger partial charge in [0.25, 0.3) is 5.91 Å². The lowest BCUT2D eigenvalue weighted by molar-refractivity contribution is -0.132. The van der Waals surface area contributed by atoms with Gasteiger partial charge in [-0.05, 0) is 49.9 Å². The van der Waals surface area contributed by atoms with Crippen molar-refractivity contribution >= 4 is 11.8 Å². The highest BCUT2D eigenvalue weighted by Gasteiger charge is 2.28. The van der Waals surface area contributed by atoms with Gasteiger partial charge in [0.15, 0.2) is 0 Å². The Balaban J connectivity index is 1.54. The van der Waals surface area contributed by atoms with Gasteiger partial charge in [-0.3, -0.25) is 9.59 Å². The van der Waals surface area contributed by atoms with E-state index in [1.165, 1.54) is 0 Å². The summed E-state index contributed by atoms with van der Waals surface area (Å²) in [5.41, 5.74) is 0.716. The molecular formula is C19H26N2O3. The van der Waals surface area contributed by atoms with Gasteiger partial charge in [0.05, 0.1) is 6.04 Å². The zero-order valence-corrected chi connectivity index (χ0v) is 14.4. The molecule has 2 aliphatic rings. The number of likely N-dealkylation sites (tertiary alicyclic amines) is 2. The molecule has 0 aliphatic carbocycles. The Morgan fingerprint density at radius 1 is 1.08 bits per heavy atom. The molecule has 0 bridgehead atoms. The summed E-state index contributed by atoms with van der Waals surface area (Å²) in [6.45, 7) is 4.98. The predicted molar refractivity (Wildman–Crippen MR) is 92.1 cm³/mol. The molecule has 0 unspecified atom stereocenters. The summed E-state index contributed by atoms with van der Waals surface area (Å²) in [5.74, 6) is 1.06. The van der Waals surface area contributed by atoms with Crippen LogP contribution in [-0.2, 0) is 4.79 Å². The van der Waals surface area contributed by atoms with Crippen LogP contribution in [0.1, 0.15) is 49.4 Å². The van der Waals surface area contributed by atoms with Crippen LogP contribution in [0.4, 0.5) is 0 Å². The minimum absolute atomic E-state index is 0.106. The van der Waals surface area contributed by atoms with E-state index >= 15 is 0 Å². The standard InChI is InChI=1S/C19H26N2O3/c1-2-18(22)21-13-5-6-16(21)14-24-17-9-7-15(8-10-17)19(23)20-11-3-4-12-20/h7-10,16H,2-6,11-14H2,1H3/t16-/m1/s1. The lowest BCUT2D eigenvalue weighted by Crippen LogP contribution is -2.38. The van der Waals surface area contributed by atoms with Crippen molar-refractivity contribution in [1.82, 2.24) is 9.80 Å². The van der Waals surface area contributed by atoms with Crippen LogP contribution in [0.25, 0.3) is 0 Å². The van der Waals surface area contributed by atoms with Gasteiger partial charge in [-0.2, -0.15) is 0 Å². The molecule has 1 aromatic rings. The van der Waals surface area contributed by atoms with Crippen molar-refractivity contribution in [2.75, 3.05) is 26.2 Å². The molecule has 2 amide bonds. The van der Waals surface area contributed by atoms with Crippen molar-refractivity contribution < 1.29 is 14.3 Å². The fraction of sp³-hybridized carbons (Fsp3) is 0.579. The largest absolute Gasteiger partial charge is 0.491 e. The summed E-state index contributed by atoms with van der Waals surface area (Å²) in [6.07, 6.45) is 4.78. The Hall–Kier alpha value is -2.04. The number of carbonyl (C=O) groups excluding carboxylic acids is 2. The number of nitrogens with zero attached hydrogens (tertiary/aromatic N) is 2. The van der Waals surface area contributed by atoms with Gasteiger partial charge in [0, 0.05) is 31.6 Å². The SMILES string of the molecule is CCC(=O)N1CCC[C@@H]1COc1ccc(C(=O)N2CCCC2)cc1. The van der Waals surface area contributed by atoms with E-state index in [1.54, 1.807) is 0 Å². The molecule has 2 heterocycles. The summed E-state index contributed by atoms with van der Waals surface area (Å²) in [6, 6.07) is 7.54. The summed E-state index contributed by atoms with van der Waals surface area (Å²) < 4.78 is 5.86. The number of carbonyl (C=O) groups is 2. The Morgan fingerprint density at radius 2 is 1.79 bits per heavy atom. The van der Waals surface area contributed by atoms with Gasteiger partial charge in [-0.25, -0.2) is 0 Å². The molecule has 5 nitrogen and oxygen atoms in total. The topological polar surface area (TPSA) is 49.9 Å². The highest BCUT2D eigenvalue weighted by Crippen LogP contribution is 2.21. The fourth-order valence-electron chi connectivity index (χ4n) is 3.53. The molecule has 2 aliphatic heterocycles. The van der Waals surface area contributed by atoms with Crippen LogP contribution in [0.2, 0.25) is 0 Å². The third kappa shape index (κ3) is 3.71. The lowest BCUT2D eigenvalue weighted by Gasteiger charge is -2.24. The third-order valence-corrected chi connectivity index (χ3v) is 4.94. The minimum Gasteiger partial charge on any atom is -0.491 e. The lowest BCUT2D eigenvalue weighted by atomic mass is 10.2. The number of rotatable bonds is 5. The van der Waals surface area contributed by atoms with Crippen LogP contribution in [0.15, 0.2) is 24.3 Å². The first-order valence-corrected chi connectivity index (χ1v) is 9.00. The second kappa shape index (κ2) is 7.69. The van der Waals surface area contributed by atoms with Gasteiger partial charge < -0.3 is 14.5 Å². The van der Waals surface area contributed by atoms with Gasteiger partial charge in [-0.1, -0.05) is 6.92 Å². The second-order valence-electron chi connectivity index (χ2n) is 6.57. The molecular weight excluding hydrogens is 304 g/mol. The first kappa shape index (κ1) is 16.8. The molecule has 0 N–H and O–H groups in total. The highest BCUT2D eigenvalue weighted by atomic mass is 16.5. The van der Waals surface area contributed by atoms with Crippen molar-refractivity contribution in [1.29, 1.82) is 0 Å². The van der Waals surface area contributed by atoms with E-state index in [2.05, 4.69) is 0 Å². The predicted octanol–water partition coefficient (Wildman–Crippen LogP) is 2.70. The molecule has 0 saturated carbocycles. The van der Waals surface area contributed by atoms with Crippen molar-refractivity contribution in [3.63, 3.8) is 0 Å². The Labute approximate surface area is 143 Å². The van der Waals surface area contributed by atoms with Crippen molar-refractivity contribution in [3.8, 4) is 5.75 Å². The quantitative estimate of drug-likeness (QED) is 0.834. The zero-order chi connectivity index (χ0) is 16.9. The fourth-order valence-corrected chi connectivity index (χ4v) is 3.53. The van der Waals surface area contributed by atoms with E-state index in [0.29, 0.717) is 18.6 Å². The molecule has 24 heavy (non-hydrogen) atoms. The van der Waals surface area contributed by atoms with E-state index in [1.807, 2.05) is 41.0 Å². The van der Waals surface area contributed by atoms with Crippen LogP contribution in [0.3, 0.4) is 0 Å². The molecule has 2 fully saturated rings. The van der Waals surface area contributed by atoms with Gasteiger partial charge in [-0.15, -0.1) is 0 Å². The van der Waals surface area contributed by atoms with E-state index in [9.17, 15) is 9.59 Å². The van der Waals surface area contributed by atoms with E-state index < -0.39 is 0 Å². The molecule has 5 heteroatoms. The molecule has 130 valence electrons. The summed E-state index contributed by atoms with van der Waals surface area (Å²) in [7, 11) is 0. The third-order valence-electron chi connectivity index (χ3n) is 4.94. The van der Waals surface area contributed by atoms with Gasteiger partial charge >= 0.3 is 0 Å². The molecule has 0 radical (unpaired) electrons. The van der Waals surface area contributed by atoms with Crippen LogP contribution >= 0.6 is 0 Å². The average Bonchev–Trinajstić information content (AvgIpc) is 3.30. The second-order valence-corrected chi connectivity index (χ2v) is 6.57. The summed E-state index contributed by atoms with van der Waals surface area (Å²) in [4.78, 5) is 28.1. The first-order chi connectivity index (χ1) is 11.7. The van der Waals surface area contributed by atoms with Crippen LogP contribution < -0.4 is 4.74 Å². The maximum absolute atomic E-state index is 12.3. The van der Waals surface area contributed by atoms with E-state index in [4.69, 9.17) is 4.74 Å². The molecule has 0 spiro atoms. The van der Waals surface area contributed by atoms with Crippen LogP contribution in [-0.4, -0.2) is 53.9 Å². The molecule has 1 atom stereocenters. The summed E-state index contributed by atoms with van der Waals surface area (Å²) in [5, 5.41) is 0. The van der Waals surface area contributed by atoms with E-state index in [0.717, 1.165) is 51.1 Å². The van der Waals surface area contributed by atoms with Gasteiger partial charge in [0.1, 0.15) is 12.4 Å². The maximum Gasteiger partial charge on any atom is 0.253 e. The monoisotopic (exact) mass is 330 g/mol. The number of amides is 2. The molecule has 2 saturated heterocycles. The van der Waals surface area contributed by atoms with Crippen molar-refractivity contribution in [3.05, 3.63) is 29.8 Å². The number of hydrogen-bond donors (Lipinski definition) is 0. The smallest absolute Gasteiger partial charge is 0.253 e. The maximum atomic E-state index is 12.3. The minimum atomic E-state index is 0.106. The molecule has 3 rings (SSSR count). The molecule has 0 aromatic heterocycles.